The van der Waals surface area contributed by atoms with E-state index < -0.39 is 6.61 Å². The van der Waals surface area contributed by atoms with Gasteiger partial charge in [-0.05, 0) is 19.1 Å². The average molecular weight is 179 g/mol. The van der Waals surface area contributed by atoms with Crippen LogP contribution in [0.3, 0.4) is 0 Å². The first kappa shape index (κ1) is 9.74. The number of nitrogens with zero attached hydrogens (tertiary/aromatic N) is 1. The van der Waals surface area contributed by atoms with Crippen molar-refractivity contribution in [2.45, 2.75) is 6.92 Å². The molecule has 0 aliphatic rings. The Morgan fingerprint density at radius 1 is 1.38 bits per heavy atom. The number of carbonyl (C=O) groups excluding carboxylic acids is 1. The predicted octanol–water partition coefficient (Wildman–Crippen LogP) is 0.950. The summed E-state index contributed by atoms with van der Waals surface area (Å²) < 4.78 is 0. The van der Waals surface area contributed by atoms with E-state index in [2.05, 4.69) is 0 Å². The van der Waals surface area contributed by atoms with Crippen molar-refractivity contribution in [1.82, 2.24) is 0 Å². The number of aliphatic hydroxyl groups excluding tert-OH is 1. The highest BCUT2D eigenvalue weighted by Gasteiger charge is 2.07. The van der Waals surface area contributed by atoms with Crippen LogP contribution in [-0.4, -0.2) is 24.7 Å². The van der Waals surface area contributed by atoms with Crippen LogP contribution < -0.4 is 4.90 Å². The molecule has 0 atom stereocenters. The van der Waals surface area contributed by atoms with E-state index in [-0.39, 0.29) is 5.91 Å². The molecule has 1 aromatic carbocycles. The number of benzene rings is 1. The molecule has 0 aliphatic carbocycles. The van der Waals surface area contributed by atoms with E-state index in [9.17, 15) is 4.79 Å². The van der Waals surface area contributed by atoms with Crippen LogP contribution in [0.4, 0.5) is 5.69 Å². The summed E-state index contributed by atoms with van der Waals surface area (Å²) in [6.45, 7) is 1.53. The first-order chi connectivity index (χ1) is 6.15. The first-order valence-electron chi connectivity index (χ1n) is 4.09. The maximum atomic E-state index is 11.1. The predicted molar refractivity (Wildman–Crippen MR) is 51.7 cm³/mol. The standard InChI is InChI=1S/C10H13NO2/c1-8-3-5-9(6-4-8)11(2)10(13)7-12/h3-6,12H,7H2,1-2H3. The fourth-order valence-electron chi connectivity index (χ4n) is 1.02. The van der Waals surface area contributed by atoms with Crippen molar-refractivity contribution in [2.75, 3.05) is 18.6 Å². The molecule has 0 aliphatic heterocycles. The molecular formula is C10H13NO2. The number of aryl methyl sites for hydroxylation is 1. The monoisotopic (exact) mass is 179 g/mol. The van der Waals surface area contributed by atoms with Crippen molar-refractivity contribution < 1.29 is 9.90 Å². The number of carbonyl (C=O) groups is 1. The third-order valence-electron chi connectivity index (χ3n) is 1.93. The number of rotatable bonds is 2. The molecule has 1 N–H and O–H groups in total. The van der Waals surface area contributed by atoms with E-state index in [0.717, 1.165) is 11.3 Å². The van der Waals surface area contributed by atoms with E-state index in [1.165, 1.54) is 4.90 Å². The van der Waals surface area contributed by atoms with Crippen LogP contribution in [-0.2, 0) is 4.79 Å². The minimum atomic E-state index is -0.454. The minimum Gasteiger partial charge on any atom is -0.387 e. The van der Waals surface area contributed by atoms with Crippen LogP contribution in [0.2, 0.25) is 0 Å². The fraction of sp³-hybridized carbons (Fsp3) is 0.300. The molecule has 13 heavy (non-hydrogen) atoms. The number of amides is 1. The number of hydrogen-bond acceptors (Lipinski definition) is 2. The second-order valence-electron chi connectivity index (χ2n) is 2.95. The third-order valence-corrected chi connectivity index (χ3v) is 1.93. The molecule has 3 nitrogen and oxygen atoms in total. The van der Waals surface area contributed by atoms with Gasteiger partial charge in [0.25, 0.3) is 5.91 Å². The highest BCUT2D eigenvalue weighted by molar-refractivity contribution is 5.93. The van der Waals surface area contributed by atoms with Crippen LogP contribution in [0.15, 0.2) is 24.3 Å². The maximum absolute atomic E-state index is 11.1. The largest absolute Gasteiger partial charge is 0.387 e. The van der Waals surface area contributed by atoms with Crippen molar-refractivity contribution in [2.24, 2.45) is 0 Å². The van der Waals surface area contributed by atoms with Crippen molar-refractivity contribution in [3.05, 3.63) is 29.8 Å². The van der Waals surface area contributed by atoms with Crippen molar-refractivity contribution >= 4 is 11.6 Å². The van der Waals surface area contributed by atoms with Gasteiger partial charge < -0.3 is 10.0 Å². The average Bonchev–Trinajstić information content (AvgIpc) is 2.17. The minimum absolute atomic E-state index is 0.302. The Hall–Kier alpha value is -1.35. The zero-order valence-corrected chi connectivity index (χ0v) is 7.82. The lowest BCUT2D eigenvalue weighted by Crippen LogP contribution is -2.28. The van der Waals surface area contributed by atoms with Crippen LogP contribution in [0.1, 0.15) is 5.56 Å². The van der Waals surface area contributed by atoms with Gasteiger partial charge in [0, 0.05) is 12.7 Å². The smallest absolute Gasteiger partial charge is 0.252 e. The summed E-state index contributed by atoms with van der Waals surface area (Å²) in [5, 5.41) is 8.63. The summed E-state index contributed by atoms with van der Waals surface area (Å²) in [5.41, 5.74) is 1.94. The van der Waals surface area contributed by atoms with Gasteiger partial charge in [-0.3, -0.25) is 4.79 Å². The van der Waals surface area contributed by atoms with Gasteiger partial charge in [-0.15, -0.1) is 0 Å². The van der Waals surface area contributed by atoms with Crippen LogP contribution in [0.5, 0.6) is 0 Å². The van der Waals surface area contributed by atoms with Gasteiger partial charge in [0.1, 0.15) is 6.61 Å². The highest BCUT2D eigenvalue weighted by atomic mass is 16.3. The SMILES string of the molecule is Cc1ccc(N(C)C(=O)CO)cc1. The van der Waals surface area contributed by atoms with Gasteiger partial charge >= 0.3 is 0 Å². The summed E-state index contributed by atoms with van der Waals surface area (Å²) in [6.07, 6.45) is 0. The Morgan fingerprint density at radius 3 is 2.38 bits per heavy atom. The number of aliphatic hydroxyl groups is 1. The lowest BCUT2D eigenvalue weighted by atomic mass is 10.2. The van der Waals surface area contributed by atoms with Gasteiger partial charge in [0.05, 0.1) is 0 Å². The third kappa shape index (κ3) is 2.29. The van der Waals surface area contributed by atoms with E-state index in [1.54, 1.807) is 7.05 Å². The zero-order chi connectivity index (χ0) is 9.84. The Labute approximate surface area is 77.6 Å². The topological polar surface area (TPSA) is 40.5 Å². The summed E-state index contributed by atoms with van der Waals surface area (Å²) in [4.78, 5) is 12.5. The molecule has 0 unspecified atom stereocenters. The maximum Gasteiger partial charge on any atom is 0.252 e. The molecule has 0 fully saturated rings. The number of hydrogen-bond donors (Lipinski definition) is 1. The second-order valence-corrected chi connectivity index (χ2v) is 2.95. The Morgan fingerprint density at radius 2 is 1.92 bits per heavy atom. The highest BCUT2D eigenvalue weighted by Crippen LogP contribution is 2.12. The van der Waals surface area contributed by atoms with E-state index in [1.807, 2.05) is 31.2 Å². The van der Waals surface area contributed by atoms with E-state index in [0.29, 0.717) is 0 Å². The Bertz CT molecular complexity index is 292. The first-order valence-corrected chi connectivity index (χ1v) is 4.09. The van der Waals surface area contributed by atoms with Gasteiger partial charge in [0.15, 0.2) is 0 Å². The molecule has 0 heterocycles. The fourth-order valence-corrected chi connectivity index (χ4v) is 1.02. The van der Waals surface area contributed by atoms with Crippen molar-refractivity contribution in [3.63, 3.8) is 0 Å². The molecule has 0 saturated carbocycles. The lowest BCUT2D eigenvalue weighted by Gasteiger charge is -2.15. The molecule has 1 amide bonds. The van der Waals surface area contributed by atoms with Crippen molar-refractivity contribution in [1.29, 1.82) is 0 Å². The normalized spacial score (nSPS) is 9.77. The van der Waals surface area contributed by atoms with Gasteiger partial charge in [0.2, 0.25) is 0 Å². The molecule has 0 aromatic heterocycles. The molecule has 1 aromatic rings. The van der Waals surface area contributed by atoms with Gasteiger partial charge in [-0.25, -0.2) is 0 Å². The summed E-state index contributed by atoms with van der Waals surface area (Å²) in [5.74, 6) is -0.302. The van der Waals surface area contributed by atoms with Gasteiger partial charge in [-0.2, -0.15) is 0 Å². The Kier molecular flexibility index (Phi) is 3.03. The molecule has 3 heteroatoms. The van der Waals surface area contributed by atoms with Crippen LogP contribution in [0, 0.1) is 6.92 Å². The second kappa shape index (κ2) is 4.05. The molecule has 0 bridgehead atoms. The molecule has 0 spiro atoms. The van der Waals surface area contributed by atoms with Crippen LogP contribution >= 0.6 is 0 Å². The molecule has 0 saturated heterocycles. The summed E-state index contributed by atoms with van der Waals surface area (Å²) in [7, 11) is 1.64. The number of likely N-dealkylation sites (N-methyl/N-ethyl adjacent to an activating group) is 1. The quantitative estimate of drug-likeness (QED) is 0.734. The van der Waals surface area contributed by atoms with E-state index >= 15 is 0 Å². The zero-order valence-electron chi connectivity index (χ0n) is 7.82. The molecular weight excluding hydrogens is 166 g/mol. The van der Waals surface area contributed by atoms with Crippen molar-refractivity contribution in [3.8, 4) is 0 Å². The number of anilines is 1. The molecule has 0 radical (unpaired) electrons. The van der Waals surface area contributed by atoms with Crippen LogP contribution in [0.25, 0.3) is 0 Å². The Balaban J connectivity index is 2.83. The molecule has 70 valence electrons. The summed E-state index contributed by atoms with van der Waals surface area (Å²) in [6, 6.07) is 7.55. The van der Waals surface area contributed by atoms with E-state index in [4.69, 9.17) is 5.11 Å². The summed E-state index contributed by atoms with van der Waals surface area (Å²) >= 11 is 0. The molecule has 1 rings (SSSR count). The lowest BCUT2D eigenvalue weighted by molar-refractivity contribution is -0.120. The van der Waals surface area contributed by atoms with Gasteiger partial charge in [-0.1, -0.05) is 17.7 Å².